The van der Waals surface area contributed by atoms with Crippen LogP contribution in [-0.2, 0) is 0 Å². The Hall–Kier alpha value is -2.83. The molecule has 3 aromatic rings. The van der Waals surface area contributed by atoms with Crippen LogP contribution in [0.3, 0.4) is 0 Å². The van der Waals surface area contributed by atoms with Crippen molar-refractivity contribution >= 4 is 51.6 Å². The number of nitrogens with zero attached hydrogens (tertiary/aromatic N) is 2. The fourth-order valence-corrected chi connectivity index (χ4v) is 4.68. The van der Waals surface area contributed by atoms with Crippen molar-refractivity contribution in [3.63, 3.8) is 0 Å². The summed E-state index contributed by atoms with van der Waals surface area (Å²) in [5, 5.41) is 1.30. The van der Waals surface area contributed by atoms with Crippen molar-refractivity contribution < 1.29 is 14.3 Å². The van der Waals surface area contributed by atoms with Crippen LogP contribution in [-0.4, -0.2) is 23.0 Å². The lowest BCUT2D eigenvalue weighted by molar-refractivity contribution is 0.0922. The van der Waals surface area contributed by atoms with E-state index in [1.807, 2.05) is 6.92 Å². The number of rotatable bonds is 6. The first-order valence-corrected chi connectivity index (χ1v) is 11.8. The zero-order chi connectivity index (χ0) is 23.4. The highest BCUT2D eigenvalue weighted by atomic mass is 35.5. The minimum Gasteiger partial charge on any atom is -0.489 e. The molecule has 2 aromatic carbocycles. The Morgan fingerprint density at radius 1 is 1.03 bits per heavy atom. The molecule has 1 aliphatic carbocycles. The lowest BCUT2D eigenvalue weighted by atomic mass is 10.0. The van der Waals surface area contributed by atoms with Crippen LogP contribution in [0.5, 0.6) is 5.75 Å². The average Bonchev–Trinajstić information content (AvgIpc) is 3.58. The summed E-state index contributed by atoms with van der Waals surface area (Å²) in [5.74, 6) is -0.445. The molecule has 2 heterocycles. The number of anilines is 1. The summed E-state index contributed by atoms with van der Waals surface area (Å²) in [6, 6.07) is 8.16. The van der Waals surface area contributed by atoms with Gasteiger partial charge in [-0.25, -0.2) is 4.90 Å². The van der Waals surface area contributed by atoms with Gasteiger partial charge in [-0.1, -0.05) is 48.7 Å². The van der Waals surface area contributed by atoms with Crippen LogP contribution in [0.1, 0.15) is 64.9 Å². The smallest absolute Gasteiger partial charge is 0.267 e. The number of carbonyl (C=O) groups is 2. The van der Waals surface area contributed by atoms with Gasteiger partial charge in [0.05, 0.1) is 33.2 Å². The third-order valence-electron chi connectivity index (χ3n) is 6.18. The molecular formula is C25H22Cl2N2O4. The Kier molecular flexibility index (Phi) is 5.46. The molecule has 0 unspecified atom stereocenters. The number of pyridine rings is 1. The lowest BCUT2D eigenvalue weighted by Crippen LogP contribution is -2.36. The molecule has 2 aliphatic rings. The lowest BCUT2D eigenvalue weighted by Gasteiger charge is -2.25. The van der Waals surface area contributed by atoms with Crippen LogP contribution in [0, 0.1) is 6.92 Å². The van der Waals surface area contributed by atoms with E-state index in [1.54, 1.807) is 31.2 Å². The highest BCUT2D eigenvalue weighted by Gasteiger charge is 2.43. The van der Waals surface area contributed by atoms with E-state index in [1.165, 1.54) is 10.6 Å². The highest BCUT2D eigenvalue weighted by molar-refractivity contribution is 6.43. The first-order valence-electron chi connectivity index (χ1n) is 11.0. The Balaban J connectivity index is 1.84. The minimum atomic E-state index is -0.466. The maximum atomic E-state index is 13.6. The minimum absolute atomic E-state index is 0.120. The Morgan fingerprint density at radius 2 is 1.73 bits per heavy atom. The maximum Gasteiger partial charge on any atom is 0.267 e. The van der Waals surface area contributed by atoms with Gasteiger partial charge in [-0.2, -0.15) is 0 Å². The van der Waals surface area contributed by atoms with E-state index >= 15 is 0 Å². The van der Waals surface area contributed by atoms with Crippen molar-refractivity contribution in [2.75, 3.05) is 11.5 Å². The fourth-order valence-electron chi connectivity index (χ4n) is 4.36. The van der Waals surface area contributed by atoms with Crippen LogP contribution in [0.4, 0.5) is 5.82 Å². The van der Waals surface area contributed by atoms with E-state index in [0.29, 0.717) is 39.8 Å². The van der Waals surface area contributed by atoms with Crippen LogP contribution in [0.15, 0.2) is 35.1 Å². The molecule has 0 spiro atoms. The van der Waals surface area contributed by atoms with Crippen molar-refractivity contribution in [3.8, 4) is 5.75 Å². The number of amides is 2. The van der Waals surface area contributed by atoms with Crippen molar-refractivity contribution in [3.05, 3.63) is 67.4 Å². The molecular weight excluding hydrogens is 463 g/mol. The molecule has 1 aliphatic heterocycles. The largest absolute Gasteiger partial charge is 0.489 e. The Morgan fingerprint density at radius 3 is 2.36 bits per heavy atom. The topological polar surface area (TPSA) is 68.6 Å². The van der Waals surface area contributed by atoms with Crippen molar-refractivity contribution in [2.45, 2.75) is 45.6 Å². The number of halogens is 2. The molecule has 5 rings (SSSR count). The predicted molar refractivity (Wildman–Crippen MR) is 129 cm³/mol. The summed E-state index contributed by atoms with van der Waals surface area (Å²) in [6.45, 7) is 4.20. The summed E-state index contributed by atoms with van der Waals surface area (Å²) in [7, 11) is 0. The van der Waals surface area contributed by atoms with Crippen LogP contribution in [0.25, 0.3) is 10.8 Å². The third kappa shape index (κ3) is 3.44. The van der Waals surface area contributed by atoms with Gasteiger partial charge in [0.2, 0.25) is 0 Å². The van der Waals surface area contributed by atoms with E-state index < -0.39 is 11.8 Å². The molecule has 8 heteroatoms. The van der Waals surface area contributed by atoms with Crippen molar-refractivity contribution in [1.29, 1.82) is 0 Å². The summed E-state index contributed by atoms with van der Waals surface area (Å²) in [5.41, 5.74) is 1.06. The zero-order valence-corrected chi connectivity index (χ0v) is 19.8. The summed E-state index contributed by atoms with van der Waals surface area (Å²) in [6.07, 6.45) is 3.22. The number of hydrogen-bond acceptors (Lipinski definition) is 4. The number of imide groups is 1. The van der Waals surface area contributed by atoms with Gasteiger partial charge in [-0.15, -0.1) is 0 Å². The molecule has 33 heavy (non-hydrogen) atoms. The van der Waals surface area contributed by atoms with E-state index in [4.69, 9.17) is 27.9 Å². The van der Waals surface area contributed by atoms with Gasteiger partial charge in [0.1, 0.15) is 0 Å². The first kappa shape index (κ1) is 22.0. The molecule has 0 atom stereocenters. The number of fused-ring (bicyclic) bond motifs is 2. The van der Waals surface area contributed by atoms with Crippen LogP contribution in [0.2, 0.25) is 10.0 Å². The van der Waals surface area contributed by atoms with E-state index in [2.05, 4.69) is 0 Å². The number of carbonyl (C=O) groups excluding carboxylic acids is 2. The quantitative estimate of drug-likeness (QED) is 0.321. The highest BCUT2D eigenvalue weighted by Crippen LogP contribution is 2.46. The van der Waals surface area contributed by atoms with Crippen LogP contribution >= 0.6 is 23.2 Å². The molecule has 1 aromatic heterocycles. The number of benzene rings is 2. The molecule has 0 radical (unpaired) electrons. The van der Waals surface area contributed by atoms with Gasteiger partial charge in [-0.05, 0) is 49.9 Å². The van der Waals surface area contributed by atoms with E-state index in [9.17, 15) is 14.4 Å². The second-order valence-electron chi connectivity index (χ2n) is 8.52. The summed E-state index contributed by atoms with van der Waals surface area (Å²) >= 11 is 12.5. The number of aryl methyl sites for hydroxylation is 1. The normalized spacial score (nSPS) is 15.5. The predicted octanol–water partition coefficient (Wildman–Crippen LogP) is 5.93. The van der Waals surface area contributed by atoms with Gasteiger partial charge < -0.3 is 4.74 Å². The Bertz CT molecular complexity index is 1390. The second-order valence-corrected chi connectivity index (χ2v) is 9.33. The standard InChI is InChI=1S/C25H22Cl2N2O4/c1-3-4-10-33-21-16-11-18(26)19(27)12-17(16)24(31)28(14-8-9-14)22(21)29-23(30)15-7-5-6-13(2)20(15)25(29)32/h5-7,11-12,14H,3-4,8-10H2,1-2H3. The number of ether oxygens (including phenoxy) is 1. The average molecular weight is 485 g/mol. The van der Waals surface area contributed by atoms with Gasteiger partial charge in [0.15, 0.2) is 11.6 Å². The van der Waals surface area contributed by atoms with Crippen molar-refractivity contribution in [2.24, 2.45) is 0 Å². The molecule has 6 nitrogen and oxygen atoms in total. The van der Waals surface area contributed by atoms with Gasteiger partial charge in [0.25, 0.3) is 17.4 Å². The van der Waals surface area contributed by atoms with Gasteiger partial charge in [0, 0.05) is 11.4 Å². The molecule has 0 N–H and O–H groups in total. The molecule has 1 fully saturated rings. The Labute approximate surface area is 200 Å². The SMILES string of the molecule is CCCCOc1c(N2C(=O)c3cccc(C)c3C2=O)n(C2CC2)c(=O)c2cc(Cl)c(Cl)cc12. The van der Waals surface area contributed by atoms with Gasteiger partial charge >= 0.3 is 0 Å². The molecule has 2 amide bonds. The van der Waals surface area contributed by atoms with E-state index in [0.717, 1.165) is 30.6 Å². The summed E-state index contributed by atoms with van der Waals surface area (Å²) < 4.78 is 7.72. The van der Waals surface area contributed by atoms with Gasteiger partial charge in [-0.3, -0.25) is 19.0 Å². The molecule has 170 valence electrons. The number of unbranched alkanes of at least 4 members (excludes halogenated alkanes) is 1. The monoisotopic (exact) mass is 484 g/mol. The molecule has 1 saturated carbocycles. The number of hydrogen-bond donors (Lipinski definition) is 0. The molecule has 0 bridgehead atoms. The second kappa shape index (κ2) is 8.19. The first-order chi connectivity index (χ1) is 15.8. The number of aromatic nitrogens is 1. The van der Waals surface area contributed by atoms with Crippen LogP contribution < -0.4 is 15.2 Å². The van der Waals surface area contributed by atoms with Crippen molar-refractivity contribution in [1.82, 2.24) is 4.57 Å². The molecule has 0 saturated heterocycles. The fraction of sp³-hybridized carbons (Fsp3) is 0.320. The maximum absolute atomic E-state index is 13.6. The summed E-state index contributed by atoms with van der Waals surface area (Å²) in [4.78, 5) is 41.8. The van der Waals surface area contributed by atoms with E-state index in [-0.39, 0.29) is 27.5 Å². The zero-order valence-electron chi connectivity index (χ0n) is 18.3. The third-order valence-corrected chi connectivity index (χ3v) is 6.90.